The zero-order valence-electron chi connectivity index (χ0n) is 41.6. The van der Waals surface area contributed by atoms with Gasteiger partial charge in [0, 0.05) is 0 Å². The molecule has 8 rings (SSSR count). The molecule has 67 heavy (non-hydrogen) atoms. The van der Waals surface area contributed by atoms with E-state index >= 15 is 0 Å². The van der Waals surface area contributed by atoms with Crippen LogP contribution in [0.2, 0.25) is 28.0 Å². The number of fused-ring (bicyclic) bond motifs is 2. The predicted octanol–water partition coefficient (Wildman–Crippen LogP) is 9.93. The van der Waals surface area contributed by atoms with Crippen LogP contribution >= 0.6 is 0 Å². The molecule has 11 heteroatoms. The van der Waals surface area contributed by atoms with Crippen LogP contribution in [0.25, 0.3) is 0 Å². The second-order valence-corrected chi connectivity index (χ2v) is 33.8. The quantitative estimate of drug-likeness (QED) is 0.0812. The van der Waals surface area contributed by atoms with Crippen molar-refractivity contribution in [1.29, 1.82) is 0 Å². The summed E-state index contributed by atoms with van der Waals surface area (Å²) in [7, 11) is -5.06. The zero-order chi connectivity index (χ0) is 47.5. The average Bonchev–Trinajstić information content (AvgIpc) is 3.50. The number of rotatable bonds is 16. The normalized spacial score (nSPS) is 28.3. The first-order chi connectivity index (χ1) is 31.9. The van der Waals surface area contributed by atoms with Crippen molar-refractivity contribution in [1.82, 2.24) is 0 Å². The minimum absolute atomic E-state index is 0.0117. The topological polar surface area (TPSA) is 73.8 Å². The fourth-order valence-electron chi connectivity index (χ4n) is 10.2. The standard InChI is InChI=1S/C56H76O8SeSi2/c1-54(2,3)66(9,10)64-48-37-49-52(61-45(48)34-35-59-67(55(4,5)6,43-28-19-13-20-29-43)44-30-21-14-22-31-44)53(57-38-40-24-15-11-16-25-40)51-47(60-49)33-23-32-46(62-51)50(65-42-26-17-12-18-27-42)36-41-39-58-56(7,8)63-41/h11-32,41,45-53H,33-39H2,1-10H3/t41-,45+,46+,47-,48-,49+,50-,51-,52+,53+/m0/s1. The van der Waals surface area contributed by atoms with E-state index in [9.17, 15) is 0 Å². The maximum atomic E-state index is 7.54. The van der Waals surface area contributed by atoms with Crippen molar-refractivity contribution in [3.05, 3.63) is 139 Å². The van der Waals surface area contributed by atoms with E-state index in [1.165, 1.54) is 14.8 Å². The first-order valence-corrected chi connectivity index (χ1v) is 31.3. The van der Waals surface area contributed by atoms with Crippen LogP contribution in [0.15, 0.2) is 133 Å². The third-order valence-corrected chi connectivity index (χ3v) is 26.9. The van der Waals surface area contributed by atoms with Crippen molar-refractivity contribution in [3.63, 3.8) is 0 Å². The molecule has 362 valence electrons. The molecule has 10 atom stereocenters. The second-order valence-electron chi connectivity index (χ2n) is 22.0. The van der Waals surface area contributed by atoms with Crippen LogP contribution in [0.5, 0.6) is 0 Å². The van der Waals surface area contributed by atoms with Gasteiger partial charge in [0.2, 0.25) is 0 Å². The molecular formula is C56H76O8SeSi2. The Morgan fingerprint density at radius 2 is 1.33 bits per heavy atom. The molecule has 0 unspecified atom stereocenters. The summed E-state index contributed by atoms with van der Waals surface area (Å²) in [6.45, 7) is 24.2. The van der Waals surface area contributed by atoms with Gasteiger partial charge in [-0.3, -0.25) is 0 Å². The molecule has 0 aromatic heterocycles. The van der Waals surface area contributed by atoms with E-state index in [0.717, 1.165) is 18.4 Å². The van der Waals surface area contributed by atoms with Gasteiger partial charge in [-0.25, -0.2) is 0 Å². The molecule has 0 radical (unpaired) electrons. The molecule has 0 saturated carbocycles. The van der Waals surface area contributed by atoms with Crippen molar-refractivity contribution in [2.45, 2.75) is 176 Å². The molecule has 0 amide bonds. The SMILES string of the molecule is CC1(C)OC[C@H](C[C@H]([Se]c2ccccc2)[C@H]2C=CC[C@@H]3O[C@@H]4C[C@H](O[Si](C)(C)C(C)(C)C)[C@@H](CCO[Si](c5ccccc5)(c5ccccc5)C(C)(C)C)O[C@H]4[C@H](OCc4ccccc4)[C@H]3O2)O1. The van der Waals surface area contributed by atoms with Gasteiger partial charge in [-0.1, -0.05) is 102 Å². The molecule has 4 aliphatic rings. The van der Waals surface area contributed by atoms with Gasteiger partial charge >= 0.3 is 295 Å². The van der Waals surface area contributed by atoms with Gasteiger partial charge in [0.25, 0.3) is 0 Å². The number of ether oxygens (including phenoxy) is 6. The van der Waals surface area contributed by atoms with Gasteiger partial charge in [-0.2, -0.15) is 0 Å². The molecule has 0 bridgehead atoms. The van der Waals surface area contributed by atoms with E-state index in [4.69, 9.17) is 37.3 Å². The fourth-order valence-corrected chi connectivity index (χ4v) is 18.8. The molecule has 3 fully saturated rings. The summed E-state index contributed by atoms with van der Waals surface area (Å²) in [5, 5.41) is 2.40. The van der Waals surface area contributed by atoms with E-state index < -0.39 is 28.5 Å². The third-order valence-electron chi connectivity index (χ3n) is 14.6. The summed E-state index contributed by atoms with van der Waals surface area (Å²) in [5.41, 5.74) is 1.11. The first-order valence-electron chi connectivity index (χ1n) is 24.7. The van der Waals surface area contributed by atoms with E-state index in [0.29, 0.717) is 32.7 Å². The van der Waals surface area contributed by atoms with Crippen molar-refractivity contribution in [2.24, 2.45) is 0 Å². The summed E-state index contributed by atoms with van der Waals surface area (Å²) >= 11 is 0.0937. The maximum absolute atomic E-state index is 7.54. The van der Waals surface area contributed by atoms with Crippen LogP contribution < -0.4 is 14.8 Å². The predicted molar refractivity (Wildman–Crippen MR) is 275 cm³/mol. The summed E-state index contributed by atoms with van der Waals surface area (Å²) in [6, 6.07) is 43.1. The molecule has 3 saturated heterocycles. The Labute approximate surface area is 410 Å². The fraction of sp³-hybridized carbons (Fsp3) is 0.536. The van der Waals surface area contributed by atoms with Crippen LogP contribution in [0.1, 0.15) is 86.6 Å². The molecule has 4 heterocycles. The Kier molecular flexibility index (Phi) is 16.1. The van der Waals surface area contributed by atoms with Crippen LogP contribution in [-0.2, 0) is 43.9 Å². The van der Waals surface area contributed by atoms with Crippen molar-refractivity contribution in [3.8, 4) is 0 Å². The Morgan fingerprint density at radius 3 is 1.91 bits per heavy atom. The van der Waals surface area contributed by atoms with Gasteiger partial charge < -0.3 is 0 Å². The van der Waals surface area contributed by atoms with Crippen LogP contribution in [0, 0.1) is 0 Å². The average molecular weight is 1010 g/mol. The molecule has 0 aliphatic carbocycles. The summed E-state index contributed by atoms with van der Waals surface area (Å²) in [6.07, 6.45) is 5.24. The van der Waals surface area contributed by atoms with Gasteiger partial charge in [0.1, 0.15) is 0 Å². The first kappa shape index (κ1) is 50.6. The Morgan fingerprint density at radius 1 is 0.731 bits per heavy atom. The summed E-state index contributed by atoms with van der Waals surface area (Å²) < 4.78 is 58.3. The van der Waals surface area contributed by atoms with Gasteiger partial charge in [-0.05, 0) is 15.4 Å². The van der Waals surface area contributed by atoms with E-state index in [1.807, 2.05) is 13.8 Å². The monoisotopic (exact) mass is 1010 g/mol. The van der Waals surface area contributed by atoms with E-state index in [1.54, 1.807) is 0 Å². The Hall–Kier alpha value is -2.75. The van der Waals surface area contributed by atoms with E-state index in [-0.39, 0.29) is 78.7 Å². The summed E-state index contributed by atoms with van der Waals surface area (Å²) in [5.74, 6) is -0.603. The number of hydrogen-bond donors (Lipinski definition) is 0. The van der Waals surface area contributed by atoms with Crippen molar-refractivity contribution < 1.29 is 37.3 Å². The second kappa shape index (κ2) is 21.3. The van der Waals surface area contributed by atoms with Gasteiger partial charge in [0.05, 0.1) is 0 Å². The molecule has 4 aromatic rings. The molecular weight excluding hydrogens is 936 g/mol. The Bertz CT molecular complexity index is 2140. The van der Waals surface area contributed by atoms with Crippen LogP contribution in [0.4, 0.5) is 0 Å². The molecule has 0 N–H and O–H groups in total. The molecule has 4 aromatic carbocycles. The molecule has 8 nitrogen and oxygen atoms in total. The van der Waals surface area contributed by atoms with Crippen molar-refractivity contribution >= 4 is 46.4 Å². The van der Waals surface area contributed by atoms with E-state index in [2.05, 4.69) is 188 Å². The van der Waals surface area contributed by atoms with Gasteiger partial charge in [-0.15, -0.1) is 0 Å². The number of hydrogen-bond acceptors (Lipinski definition) is 8. The summed E-state index contributed by atoms with van der Waals surface area (Å²) in [4.78, 5) is 0.181. The Balaban J connectivity index is 1.11. The molecule has 0 spiro atoms. The minimum atomic E-state index is -2.81. The number of benzene rings is 4. The third kappa shape index (κ3) is 11.9. The van der Waals surface area contributed by atoms with Gasteiger partial charge in [0.15, 0.2) is 0 Å². The van der Waals surface area contributed by atoms with Crippen LogP contribution in [0.3, 0.4) is 0 Å². The zero-order valence-corrected chi connectivity index (χ0v) is 45.3. The molecule has 4 aliphatic heterocycles. The van der Waals surface area contributed by atoms with Crippen molar-refractivity contribution in [2.75, 3.05) is 13.2 Å². The van der Waals surface area contributed by atoms with Crippen LogP contribution in [-0.4, -0.2) is 106 Å².